The van der Waals surface area contributed by atoms with Gasteiger partial charge in [0.2, 0.25) is 0 Å². The Morgan fingerprint density at radius 1 is 1.32 bits per heavy atom. The predicted molar refractivity (Wildman–Crippen MR) is 83.4 cm³/mol. The summed E-state index contributed by atoms with van der Waals surface area (Å²) in [5.74, 6) is 1.28. The number of carbonyl (C=O) groups is 1. The van der Waals surface area contributed by atoms with E-state index < -0.39 is 0 Å². The van der Waals surface area contributed by atoms with Crippen LogP contribution in [-0.4, -0.2) is 40.8 Å². The van der Waals surface area contributed by atoms with E-state index in [2.05, 4.69) is 18.7 Å². The average molecular weight is 298 g/mol. The van der Waals surface area contributed by atoms with Crippen molar-refractivity contribution in [3.05, 3.63) is 34.9 Å². The van der Waals surface area contributed by atoms with E-state index in [9.17, 15) is 4.79 Å². The summed E-state index contributed by atoms with van der Waals surface area (Å²) in [6.07, 6.45) is 1.13. The molecule has 0 amide bonds. The lowest BCUT2D eigenvalue weighted by molar-refractivity contribution is 0.0934. The molecule has 0 unspecified atom stereocenters. The van der Waals surface area contributed by atoms with Crippen LogP contribution in [0.25, 0.3) is 0 Å². The molecule has 1 aliphatic heterocycles. The third-order valence-electron chi connectivity index (χ3n) is 3.46. The van der Waals surface area contributed by atoms with Gasteiger partial charge in [0.05, 0.1) is 6.54 Å². The first kappa shape index (κ1) is 14.9. The van der Waals surface area contributed by atoms with Crippen LogP contribution in [0.5, 0.6) is 0 Å². The summed E-state index contributed by atoms with van der Waals surface area (Å²) < 4.78 is 0.331. The minimum atomic E-state index is 0.182. The molecule has 0 bridgehead atoms. The van der Waals surface area contributed by atoms with E-state index >= 15 is 0 Å². The van der Waals surface area contributed by atoms with Gasteiger partial charge < -0.3 is 0 Å². The van der Waals surface area contributed by atoms with Crippen molar-refractivity contribution in [3.63, 3.8) is 0 Å². The molecule has 1 aliphatic rings. The van der Waals surface area contributed by atoms with Crippen molar-refractivity contribution in [2.24, 2.45) is 0 Å². The van der Waals surface area contributed by atoms with E-state index in [4.69, 9.17) is 11.6 Å². The van der Waals surface area contributed by atoms with Gasteiger partial charge in [-0.15, -0.1) is 0 Å². The van der Waals surface area contributed by atoms with Gasteiger partial charge in [0.15, 0.2) is 5.78 Å². The maximum Gasteiger partial charge on any atom is 0.176 e. The van der Waals surface area contributed by atoms with Crippen LogP contribution in [-0.2, 0) is 0 Å². The largest absolute Gasteiger partial charge is 0.295 e. The fourth-order valence-corrected chi connectivity index (χ4v) is 3.41. The second-order valence-electron chi connectivity index (χ2n) is 5.56. The van der Waals surface area contributed by atoms with Crippen molar-refractivity contribution in [3.8, 4) is 0 Å². The van der Waals surface area contributed by atoms with Crippen molar-refractivity contribution < 1.29 is 4.79 Å². The molecule has 0 spiro atoms. The maximum absolute atomic E-state index is 12.2. The molecular formula is C15H20ClNOS. The first-order valence-corrected chi connectivity index (χ1v) is 7.98. The summed E-state index contributed by atoms with van der Waals surface area (Å²) in [5, 5.41) is 0.671. The summed E-state index contributed by atoms with van der Waals surface area (Å²) in [4.78, 5) is 14.5. The van der Waals surface area contributed by atoms with Crippen molar-refractivity contribution in [1.82, 2.24) is 4.90 Å². The zero-order chi connectivity index (χ0) is 13.9. The summed E-state index contributed by atoms with van der Waals surface area (Å²) in [6, 6.07) is 7.16. The highest BCUT2D eigenvalue weighted by Crippen LogP contribution is 2.30. The van der Waals surface area contributed by atoms with Crippen LogP contribution in [0.4, 0.5) is 0 Å². The van der Waals surface area contributed by atoms with Gasteiger partial charge in [0, 0.05) is 27.6 Å². The number of carbonyl (C=O) groups excluding carboxylic acids is 1. The van der Waals surface area contributed by atoms with Crippen LogP contribution in [0.2, 0.25) is 5.02 Å². The number of rotatable bonds is 3. The summed E-state index contributed by atoms with van der Waals surface area (Å²) >= 11 is 7.84. The fraction of sp³-hybridized carbons (Fsp3) is 0.533. The van der Waals surface area contributed by atoms with Crippen LogP contribution in [0.15, 0.2) is 24.3 Å². The molecule has 0 atom stereocenters. The second kappa shape index (κ2) is 6.29. The Labute approximate surface area is 124 Å². The molecule has 19 heavy (non-hydrogen) atoms. The summed E-state index contributed by atoms with van der Waals surface area (Å²) in [6.45, 7) is 7.06. The average Bonchev–Trinajstić information content (AvgIpc) is 2.52. The molecule has 0 aliphatic carbocycles. The molecule has 1 saturated heterocycles. The van der Waals surface area contributed by atoms with Crippen molar-refractivity contribution in [1.29, 1.82) is 0 Å². The van der Waals surface area contributed by atoms with E-state index in [1.54, 1.807) is 24.3 Å². The van der Waals surface area contributed by atoms with E-state index in [-0.39, 0.29) is 5.78 Å². The summed E-state index contributed by atoms with van der Waals surface area (Å²) in [5.41, 5.74) is 0.751. The van der Waals surface area contributed by atoms with Crippen LogP contribution < -0.4 is 0 Å². The number of nitrogens with zero attached hydrogens (tertiary/aromatic N) is 1. The molecule has 4 heteroatoms. The molecule has 2 nitrogen and oxygen atoms in total. The standard InChI is InChI=1S/C15H20ClNOS/c1-15(2)7-8-17(9-10-19-15)11-14(18)12-3-5-13(16)6-4-12/h3-6H,7-11H2,1-2H3. The number of halogens is 1. The molecule has 0 saturated carbocycles. The maximum atomic E-state index is 12.2. The smallest absolute Gasteiger partial charge is 0.176 e. The Bertz CT molecular complexity index is 444. The van der Waals surface area contributed by atoms with Gasteiger partial charge in [-0.25, -0.2) is 0 Å². The van der Waals surface area contributed by atoms with E-state index in [1.807, 2.05) is 11.8 Å². The summed E-state index contributed by atoms with van der Waals surface area (Å²) in [7, 11) is 0. The quantitative estimate of drug-likeness (QED) is 0.793. The molecule has 1 fully saturated rings. The third kappa shape index (κ3) is 4.51. The molecule has 0 aromatic heterocycles. The molecular weight excluding hydrogens is 278 g/mol. The van der Waals surface area contributed by atoms with Crippen molar-refractivity contribution >= 4 is 29.1 Å². The molecule has 1 aromatic rings. The van der Waals surface area contributed by atoms with Gasteiger partial charge >= 0.3 is 0 Å². The van der Waals surface area contributed by atoms with Gasteiger partial charge in [-0.2, -0.15) is 11.8 Å². The zero-order valence-electron chi connectivity index (χ0n) is 11.5. The fourth-order valence-electron chi connectivity index (χ4n) is 2.15. The lowest BCUT2D eigenvalue weighted by Crippen LogP contribution is -2.32. The second-order valence-corrected chi connectivity index (χ2v) is 7.80. The number of thioether (sulfide) groups is 1. The van der Waals surface area contributed by atoms with Crippen LogP contribution in [0.3, 0.4) is 0 Å². The lowest BCUT2D eigenvalue weighted by atomic mass is 10.1. The van der Waals surface area contributed by atoms with Crippen molar-refractivity contribution in [2.75, 3.05) is 25.4 Å². The van der Waals surface area contributed by atoms with Gasteiger partial charge in [-0.05, 0) is 37.2 Å². The van der Waals surface area contributed by atoms with E-state index in [0.717, 1.165) is 30.8 Å². The molecule has 0 radical (unpaired) electrons. The Hall–Kier alpha value is -0.510. The molecule has 0 N–H and O–H groups in total. The van der Waals surface area contributed by atoms with Crippen LogP contribution >= 0.6 is 23.4 Å². The number of ketones is 1. The first-order chi connectivity index (χ1) is 8.96. The number of Topliss-reactive ketones (excluding diaryl/α,β-unsaturated/α-hetero) is 1. The first-order valence-electron chi connectivity index (χ1n) is 6.61. The third-order valence-corrected chi connectivity index (χ3v) is 5.09. The monoisotopic (exact) mass is 297 g/mol. The van der Waals surface area contributed by atoms with Gasteiger partial charge in [0.25, 0.3) is 0 Å². The van der Waals surface area contributed by atoms with Gasteiger partial charge in [-0.3, -0.25) is 9.69 Å². The minimum Gasteiger partial charge on any atom is -0.295 e. The SMILES string of the molecule is CC1(C)CCN(CC(=O)c2ccc(Cl)cc2)CCS1. The molecule has 1 aromatic carbocycles. The number of hydrogen-bond donors (Lipinski definition) is 0. The van der Waals surface area contributed by atoms with Crippen molar-refractivity contribution in [2.45, 2.75) is 25.0 Å². The topological polar surface area (TPSA) is 20.3 Å². The van der Waals surface area contributed by atoms with Crippen LogP contribution in [0.1, 0.15) is 30.6 Å². The Balaban J connectivity index is 1.93. The van der Waals surface area contributed by atoms with Gasteiger partial charge in [0.1, 0.15) is 0 Å². The number of benzene rings is 1. The molecule has 1 heterocycles. The highest BCUT2D eigenvalue weighted by atomic mass is 35.5. The Morgan fingerprint density at radius 2 is 2.00 bits per heavy atom. The number of hydrogen-bond acceptors (Lipinski definition) is 3. The highest BCUT2D eigenvalue weighted by Gasteiger charge is 2.24. The molecule has 2 rings (SSSR count). The lowest BCUT2D eigenvalue weighted by Gasteiger charge is -2.22. The zero-order valence-corrected chi connectivity index (χ0v) is 13.1. The Kier molecular flexibility index (Phi) is 4.93. The predicted octanol–water partition coefficient (Wildman–Crippen LogP) is 3.74. The van der Waals surface area contributed by atoms with E-state index in [1.165, 1.54) is 0 Å². The van der Waals surface area contributed by atoms with Gasteiger partial charge in [-0.1, -0.05) is 25.4 Å². The normalized spacial score (nSPS) is 19.9. The highest BCUT2D eigenvalue weighted by molar-refractivity contribution is 8.00. The van der Waals surface area contributed by atoms with E-state index in [0.29, 0.717) is 16.3 Å². The molecule has 104 valence electrons. The Morgan fingerprint density at radius 3 is 2.68 bits per heavy atom. The minimum absolute atomic E-state index is 0.182. The van der Waals surface area contributed by atoms with Crippen LogP contribution in [0, 0.1) is 0 Å².